The summed E-state index contributed by atoms with van der Waals surface area (Å²) in [6, 6.07) is 74.5. The minimum atomic E-state index is -0.0243. The van der Waals surface area contributed by atoms with E-state index >= 15 is 0 Å². The van der Waals surface area contributed by atoms with E-state index in [1.807, 2.05) is 0 Å². The first-order valence-corrected chi connectivity index (χ1v) is 26.8. The third kappa shape index (κ3) is 8.59. The highest BCUT2D eigenvalue weighted by Crippen LogP contribution is 2.53. The number of rotatable bonds is 6. The molecule has 3 heteroatoms. The summed E-state index contributed by atoms with van der Waals surface area (Å²) in [6.45, 7) is 30.1. The smallest absolute Gasteiger partial charge is 0.252 e. The quantitative estimate of drug-likeness (QED) is 0.153. The topological polar surface area (TPSA) is 6.48 Å². The Morgan fingerprint density at radius 2 is 0.581 bits per heavy atom. The van der Waals surface area contributed by atoms with Crippen molar-refractivity contribution in [3.63, 3.8) is 0 Å². The van der Waals surface area contributed by atoms with E-state index in [9.17, 15) is 0 Å². The molecule has 0 spiro atoms. The van der Waals surface area contributed by atoms with Crippen LogP contribution >= 0.6 is 0 Å². The molecule has 0 saturated heterocycles. The van der Waals surface area contributed by atoms with Crippen LogP contribution in [0.25, 0.3) is 44.5 Å². The summed E-state index contributed by atoms with van der Waals surface area (Å²) in [6.07, 6.45) is 0. The van der Waals surface area contributed by atoms with Gasteiger partial charge in [-0.3, -0.25) is 0 Å². The van der Waals surface area contributed by atoms with Gasteiger partial charge in [0.1, 0.15) is 0 Å². The molecule has 0 aromatic heterocycles. The van der Waals surface area contributed by atoms with Crippen molar-refractivity contribution >= 4 is 57.2 Å². The first kappa shape index (κ1) is 48.9. The number of aryl methyl sites for hydroxylation is 1. The van der Waals surface area contributed by atoms with Gasteiger partial charge in [0.05, 0.1) is 11.4 Å². The Morgan fingerprint density at radius 1 is 0.297 bits per heavy atom. The molecule has 2 nitrogen and oxygen atoms in total. The highest BCUT2D eigenvalue weighted by molar-refractivity contribution is 7.00. The molecule has 0 radical (unpaired) electrons. The van der Waals surface area contributed by atoms with Crippen molar-refractivity contribution in [2.45, 2.75) is 112 Å². The van der Waals surface area contributed by atoms with E-state index in [-0.39, 0.29) is 28.4 Å². The predicted molar refractivity (Wildman–Crippen MR) is 322 cm³/mol. The minimum absolute atomic E-state index is 0.0198. The van der Waals surface area contributed by atoms with Crippen LogP contribution in [0.2, 0.25) is 0 Å². The highest BCUT2D eigenvalue weighted by Gasteiger charge is 2.45. The average molecular weight is 963 g/mol. The number of fused-ring (bicyclic) bond motifs is 4. The van der Waals surface area contributed by atoms with Crippen LogP contribution in [0.1, 0.15) is 111 Å². The molecule has 74 heavy (non-hydrogen) atoms. The Labute approximate surface area is 442 Å². The minimum Gasteiger partial charge on any atom is -0.310 e. The van der Waals surface area contributed by atoms with Crippen molar-refractivity contribution in [1.29, 1.82) is 0 Å². The molecule has 2 heterocycles. The van der Waals surface area contributed by atoms with Crippen LogP contribution in [0, 0.1) is 6.92 Å². The Bertz CT molecular complexity index is 3250. The van der Waals surface area contributed by atoms with E-state index in [4.69, 9.17) is 0 Å². The van der Waals surface area contributed by atoms with Gasteiger partial charge < -0.3 is 9.80 Å². The third-order valence-electron chi connectivity index (χ3n) is 15.7. The van der Waals surface area contributed by atoms with Crippen LogP contribution in [-0.4, -0.2) is 6.71 Å². The zero-order valence-electron chi connectivity index (χ0n) is 45.9. The van der Waals surface area contributed by atoms with E-state index in [1.165, 1.54) is 123 Å². The molecule has 0 amide bonds. The van der Waals surface area contributed by atoms with Crippen molar-refractivity contribution in [3.8, 4) is 44.5 Å². The molecule has 0 bridgehead atoms. The second kappa shape index (κ2) is 17.9. The maximum Gasteiger partial charge on any atom is 0.252 e. The number of nitrogens with zero attached hydrogens (tertiary/aromatic N) is 2. The summed E-state index contributed by atoms with van der Waals surface area (Å²) in [4.78, 5) is 5.29. The molecule has 9 aromatic rings. The summed E-state index contributed by atoms with van der Waals surface area (Å²) in [5.41, 5.74) is 27.2. The van der Waals surface area contributed by atoms with Gasteiger partial charge in [-0.05, 0) is 119 Å². The number of benzene rings is 9. The molecule has 11 rings (SSSR count). The Kier molecular flexibility index (Phi) is 11.9. The van der Waals surface area contributed by atoms with Gasteiger partial charge in [0, 0.05) is 45.0 Å². The number of para-hydroxylation sites is 4. The van der Waals surface area contributed by atoms with Gasteiger partial charge in [0.15, 0.2) is 0 Å². The lowest BCUT2D eigenvalue weighted by atomic mass is 9.33. The SMILES string of the molecule is Cc1cc2c3c(c1)N(c1c(-c4cccc(C(C)(C)C)c4)cccc1-c1cccc(C(C)(C)C)c1)c1ccccc1B3c1ccccc1N2c1c(-c2cccc(C(C)(C)C)c2)cccc1-c1cccc(C(C)(C)C)c1. The largest absolute Gasteiger partial charge is 0.310 e. The molecule has 368 valence electrons. The molecule has 2 aliphatic rings. The van der Waals surface area contributed by atoms with Crippen molar-refractivity contribution in [3.05, 3.63) is 222 Å². The van der Waals surface area contributed by atoms with E-state index in [0.717, 1.165) is 0 Å². The second-order valence-corrected chi connectivity index (χ2v) is 25.2. The van der Waals surface area contributed by atoms with E-state index < -0.39 is 0 Å². The Balaban J connectivity index is 1.26. The fourth-order valence-corrected chi connectivity index (χ4v) is 11.6. The fourth-order valence-electron chi connectivity index (χ4n) is 11.6. The maximum absolute atomic E-state index is 2.65. The fraction of sp³-hybridized carbons (Fsp3) is 0.239. The van der Waals surface area contributed by atoms with Crippen LogP contribution in [0.3, 0.4) is 0 Å². The van der Waals surface area contributed by atoms with Crippen LogP contribution < -0.4 is 26.2 Å². The van der Waals surface area contributed by atoms with Gasteiger partial charge in [-0.1, -0.05) is 253 Å². The van der Waals surface area contributed by atoms with Crippen LogP contribution in [0.15, 0.2) is 194 Å². The predicted octanol–water partition coefficient (Wildman–Crippen LogP) is 17.9. The molecule has 2 aliphatic heterocycles. The van der Waals surface area contributed by atoms with E-state index in [2.05, 4.69) is 294 Å². The first-order valence-electron chi connectivity index (χ1n) is 26.8. The highest BCUT2D eigenvalue weighted by atomic mass is 15.2. The van der Waals surface area contributed by atoms with Crippen molar-refractivity contribution in [1.82, 2.24) is 0 Å². The van der Waals surface area contributed by atoms with Gasteiger partial charge in [-0.25, -0.2) is 0 Å². The van der Waals surface area contributed by atoms with Gasteiger partial charge in [0.25, 0.3) is 6.71 Å². The normalized spacial score (nSPS) is 13.4. The lowest BCUT2D eigenvalue weighted by Crippen LogP contribution is -2.61. The first-order chi connectivity index (χ1) is 35.2. The summed E-state index contributed by atoms with van der Waals surface area (Å²) >= 11 is 0. The third-order valence-corrected chi connectivity index (χ3v) is 15.7. The Morgan fingerprint density at radius 3 is 0.878 bits per heavy atom. The molecule has 9 aromatic carbocycles. The van der Waals surface area contributed by atoms with Gasteiger partial charge in [0.2, 0.25) is 0 Å². The van der Waals surface area contributed by atoms with Crippen molar-refractivity contribution in [2.75, 3.05) is 9.80 Å². The maximum atomic E-state index is 2.65. The van der Waals surface area contributed by atoms with E-state index in [0.29, 0.717) is 0 Å². The molecule has 0 fully saturated rings. The lowest BCUT2D eigenvalue weighted by molar-refractivity contribution is 0.590. The molecule has 0 saturated carbocycles. The standard InChI is InChI=1S/C71H71BN2/c1-46-40-63-65-64(41-46)74(67-57(49-26-20-30-53(44-49)70(8,9)10)34-23-35-58(67)50-27-21-31-54(45-50)71(11,12)13)62-39-17-15-37-60(62)72(65)59-36-14-16-38-61(59)73(63)66-55(47-24-18-28-51(42-47)68(2,3)4)32-22-33-56(66)48-25-19-29-52(43-48)69(5,6)7/h14-45H,1-13H3. The molecule has 0 unspecified atom stereocenters. The summed E-state index contributed by atoms with van der Waals surface area (Å²) in [7, 11) is 0. The summed E-state index contributed by atoms with van der Waals surface area (Å²) in [5.74, 6) is 0. The summed E-state index contributed by atoms with van der Waals surface area (Å²) < 4.78 is 0. The van der Waals surface area contributed by atoms with Crippen LogP contribution in [0.5, 0.6) is 0 Å². The summed E-state index contributed by atoms with van der Waals surface area (Å²) in [5, 5.41) is 0. The number of hydrogen-bond donors (Lipinski definition) is 0. The number of hydrogen-bond acceptors (Lipinski definition) is 2. The van der Waals surface area contributed by atoms with Gasteiger partial charge in [-0.2, -0.15) is 0 Å². The molecule has 0 N–H and O–H groups in total. The van der Waals surface area contributed by atoms with Crippen LogP contribution in [-0.2, 0) is 21.7 Å². The van der Waals surface area contributed by atoms with Crippen molar-refractivity contribution in [2.24, 2.45) is 0 Å². The molecular formula is C71H71BN2. The molecule has 0 atom stereocenters. The van der Waals surface area contributed by atoms with Gasteiger partial charge in [-0.15, -0.1) is 0 Å². The molecular weight excluding hydrogens is 892 g/mol. The van der Waals surface area contributed by atoms with E-state index in [1.54, 1.807) is 0 Å². The van der Waals surface area contributed by atoms with Crippen molar-refractivity contribution < 1.29 is 0 Å². The zero-order chi connectivity index (χ0) is 52.1. The lowest BCUT2D eigenvalue weighted by Gasteiger charge is -2.45. The van der Waals surface area contributed by atoms with Gasteiger partial charge >= 0.3 is 0 Å². The monoisotopic (exact) mass is 963 g/mol. The van der Waals surface area contributed by atoms with Crippen LogP contribution in [0.4, 0.5) is 34.1 Å². The zero-order valence-corrected chi connectivity index (χ0v) is 45.9. The molecule has 0 aliphatic carbocycles. The number of anilines is 6. The Hall–Kier alpha value is -7.36. The average Bonchev–Trinajstić information content (AvgIpc) is 3.37. The second-order valence-electron chi connectivity index (χ2n) is 25.2.